The van der Waals surface area contributed by atoms with Gasteiger partial charge in [-0.25, -0.2) is 0 Å². The van der Waals surface area contributed by atoms with E-state index >= 15 is 0 Å². The van der Waals surface area contributed by atoms with E-state index in [0.29, 0.717) is 29.1 Å². The summed E-state index contributed by atoms with van der Waals surface area (Å²) >= 11 is 1.00. The van der Waals surface area contributed by atoms with Crippen LogP contribution in [0.3, 0.4) is 0 Å². The van der Waals surface area contributed by atoms with Crippen molar-refractivity contribution in [2.24, 2.45) is 0 Å². The van der Waals surface area contributed by atoms with Crippen molar-refractivity contribution in [1.82, 2.24) is 0 Å². The highest BCUT2D eigenvalue weighted by molar-refractivity contribution is 7.80. The average molecular weight is 654 g/mol. The Morgan fingerprint density at radius 1 is 0.643 bits per heavy atom. The van der Waals surface area contributed by atoms with Crippen LogP contribution < -0.4 is 15.9 Å². The molecule has 0 amide bonds. The predicted octanol–water partition coefficient (Wildman–Crippen LogP) is 7.67. The van der Waals surface area contributed by atoms with Crippen molar-refractivity contribution in [3.8, 4) is 0 Å². The Bertz CT molecular complexity index is 1330. The number of benzene rings is 2. The van der Waals surface area contributed by atoms with Gasteiger partial charge < -0.3 is 9.84 Å². The van der Waals surface area contributed by atoms with E-state index in [-0.39, 0.29) is 41.1 Å². The van der Waals surface area contributed by atoms with E-state index < -0.39 is 77.5 Å². The highest BCUT2D eigenvalue weighted by Gasteiger charge is 2.42. The zero-order valence-electron chi connectivity index (χ0n) is 21.3. The molecule has 42 heavy (non-hydrogen) atoms. The maximum absolute atomic E-state index is 13.8. The summed E-state index contributed by atoms with van der Waals surface area (Å²) in [5, 5.41) is 8.94. The lowest BCUT2D eigenvalue weighted by atomic mass is 9.96. The van der Waals surface area contributed by atoms with Crippen molar-refractivity contribution < 1.29 is 62.5 Å². The number of hydrogen-bond donors (Lipinski definition) is 1. The first-order valence-electron chi connectivity index (χ1n) is 11.8. The number of rotatable bonds is 4. The molecule has 0 aliphatic carbocycles. The summed E-state index contributed by atoms with van der Waals surface area (Å²) in [5.74, 6) is -0.879. The minimum Gasteiger partial charge on any atom is -0.390 e. The van der Waals surface area contributed by atoms with E-state index in [0.717, 1.165) is 11.3 Å². The largest absolute Gasteiger partial charge is 0.416 e. The van der Waals surface area contributed by atoms with Crippen LogP contribution in [0.1, 0.15) is 43.5 Å². The Balaban J connectivity index is 2.16. The zero-order valence-corrected chi connectivity index (χ0v) is 23.0. The van der Waals surface area contributed by atoms with Gasteiger partial charge in [-0.1, -0.05) is 0 Å². The number of ether oxygens (including phenoxy) is 1. The molecular weight excluding hydrogens is 635 g/mol. The van der Waals surface area contributed by atoms with Gasteiger partial charge in [0.25, 0.3) is 0 Å². The quantitative estimate of drug-likeness (QED) is 0.231. The molecule has 0 radical (unpaired) electrons. The maximum atomic E-state index is 13.8. The standard InChI is InChI=1S/C26H19F12O2PS/c1-11-21(19-9-40-10-20(19)39)22(12(2)42-11)41(17-5-13(23(27,28)29)3-14(6-17)24(30,31)32)18-7-15(25(33,34)35)4-16(8-18)26(36,37)38/h3-8,19-20,39H,9-10H2,1-2H3/t19-,20-/m0/s1. The summed E-state index contributed by atoms with van der Waals surface area (Å²) in [6.07, 6.45) is -22.5. The Labute approximate surface area is 235 Å². The summed E-state index contributed by atoms with van der Waals surface area (Å²) in [6, 6.07) is 0.897. The molecule has 1 N–H and O–H groups in total. The molecule has 0 bridgehead atoms. The second kappa shape index (κ2) is 11.0. The van der Waals surface area contributed by atoms with Crippen molar-refractivity contribution in [3.63, 3.8) is 0 Å². The molecule has 2 heterocycles. The van der Waals surface area contributed by atoms with Gasteiger partial charge in [-0.2, -0.15) is 52.7 Å². The normalized spacial score (nSPS) is 18.8. The first kappa shape index (κ1) is 32.6. The monoisotopic (exact) mass is 654 g/mol. The molecule has 16 heteroatoms. The van der Waals surface area contributed by atoms with Gasteiger partial charge >= 0.3 is 24.7 Å². The fraction of sp³-hybridized carbons (Fsp3) is 0.385. The van der Waals surface area contributed by atoms with Gasteiger partial charge in [-0.3, -0.25) is 0 Å². The number of thiophene rings is 1. The van der Waals surface area contributed by atoms with Crippen LogP contribution in [-0.4, -0.2) is 24.4 Å². The van der Waals surface area contributed by atoms with Crippen LogP contribution in [0.2, 0.25) is 0 Å². The van der Waals surface area contributed by atoms with Crippen LogP contribution in [0.5, 0.6) is 0 Å². The van der Waals surface area contributed by atoms with Gasteiger partial charge in [-0.05, 0) is 74.3 Å². The molecule has 2 atom stereocenters. The molecule has 1 aliphatic heterocycles. The summed E-state index contributed by atoms with van der Waals surface area (Å²) in [6.45, 7) is 2.61. The highest BCUT2D eigenvalue weighted by Crippen LogP contribution is 2.47. The number of halogens is 12. The van der Waals surface area contributed by atoms with E-state index in [9.17, 15) is 57.8 Å². The topological polar surface area (TPSA) is 29.5 Å². The first-order chi connectivity index (χ1) is 19.1. The van der Waals surface area contributed by atoms with Crippen molar-refractivity contribution in [2.45, 2.75) is 50.6 Å². The molecule has 2 aromatic carbocycles. The fourth-order valence-corrected chi connectivity index (χ4v) is 9.06. The van der Waals surface area contributed by atoms with Gasteiger partial charge in [-0.15, -0.1) is 11.3 Å². The molecule has 4 rings (SSSR count). The molecule has 230 valence electrons. The van der Waals surface area contributed by atoms with Crippen LogP contribution in [0.4, 0.5) is 52.7 Å². The number of aryl methyl sites for hydroxylation is 2. The van der Waals surface area contributed by atoms with Crippen molar-refractivity contribution in [3.05, 3.63) is 74.0 Å². The summed E-state index contributed by atoms with van der Waals surface area (Å²) in [7, 11) is -2.91. The lowest BCUT2D eigenvalue weighted by molar-refractivity contribution is -0.144. The van der Waals surface area contributed by atoms with E-state index in [1.54, 1.807) is 0 Å². The molecule has 2 nitrogen and oxygen atoms in total. The Morgan fingerprint density at radius 3 is 1.33 bits per heavy atom. The van der Waals surface area contributed by atoms with Crippen molar-refractivity contribution in [2.75, 3.05) is 13.2 Å². The smallest absolute Gasteiger partial charge is 0.390 e. The average Bonchev–Trinajstić information content (AvgIpc) is 3.38. The number of hydrogen-bond acceptors (Lipinski definition) is 3. The van der Waals surface area contributed by atoms with Crippen LogP contribution in [0.15, 0.2) is 36.4 Å². The van der Waals surface area contributed by atoms with Crippen LogP contribution in [0.25, 0.3) is 0 Å². The molecular formula is C26H19F12O2PS. The highest BCUT2D eigenvalue weighted by atomic mass is 32.1. The second-order valence-corrected chi connectivity index (χ2v) is 13.1. The van der Waals surface area contributed by atoms with Gasteiger partial charge in [0.2, 0.25) is 0 Å². The van der Waals surface area contributed by atoms with Gasteiger partial charge in [0.05, 0.1) is 41.6 Å². The maximum Gasteiger partial charge on any atom is 0.416 e. The molecule has 1 saturated heterocycles. The van der Waals surface area contributed by atoms with Crippen LogP contribution >= 0.6 is 19.3 Å². The lowest BCUT2D eigenvalue weighted by Crippen LogP contribution is -2.30. The summed E-state index contributed by atoms with van der Waals surface area (Å²) in [5.41, 5.74) is -6.92. The first-order valence-corrected chi connectivity index (χ1v) is 14.0. The van der Waals surface area contributed by atoms with E-state index in [1.807, 2.05) is 0 Å². The SMILES string of the molecule is Cc1sc(C)c(P(c2cc(C(F)(F)F)cc(C(F)(F)F)c2)c2cc(C(F)(F)F)cc(C(F)(F)F)c2)c1[C@H]1COC[C@@H]1O. The van der Waals surface area contributed by atoms with Gasteiger partial charge in [0.15, 0.2) is 0 Å². The number of aliphatic hydroxyl groups excluding tert-OH is 1. The summed E-state index contributed by atoms with van der Waals surface area (Å²) in [4.78, 5) is 0.667. The van der Waals surface area contributed by atoms with Crippen LogP contribution in [0, 0.1) is 13.8 Å². The van der Waals surface area contributed by atoms with Crippen molar-refractivity contribution >= 4 is 35.2 Å². The van der Waals surface area contributed by atoms with Crippen molar-refractivity contribution in [1.29, 1.82) is 0 Å². The third-order valence-corrected chi connectivity index (χ3v) is 10.3. The minimum absolute atomic E-state index is 0.0399. The van der Waals surface area contributed by atoms with E-state index in [1.165, 1.54) is 13.8 Å². The summed E-state index contributed by atoms with van der Waals surface area (Å²) < 4.78 is 171. The third-order valence-electron chi connectivity index (χ3n) is 6.58. The number of alkyl halides is 12. The Morgan fingerprint density at radius 2 is 1.02 bits per heavy atom. The molecule has 1 aliphatic rings. The Kier molecular flexibility index (Phi) is 8.51. The molecule has 0 unspecified atom stereocenters. The van der Waals surface area contributed by atoms with E-state index in [4.69, 9.17) is 4.74 Å². The van der Waals surface area contributed by atoms with Gasteiger partial charge in [0.1, 0.15) is 0 Å². The second-order valence-electron chi connectivity index (χ2n) is 9.55. The lowest BCUT2D eigenvalue weighted by Gasteiger charge is -2.27. The molecule has 0 saturated carbocycles. The number of aliphatic hydroxyl groups is 1. The van der Waals surface area contributed by atoms with Gasteiger partial charge in [0, 0.05) is 21.0 Å². The molecule has 3 aromatic rings. The molecule has 1 aromatic heterocycles. The molecule has 1 fully saturated rings. The third kappa shape index (κ3) is 6.58. The molecule has 0 spiro atoms. The fourth-order valence-electron chi connectivity index (χ4n) is 4.77. The minimum atomic E-state index is -5.33. The Hall–Kier alpha value is -2.35. The van der Waals surface area contributed by atoms with E-state index in [2.05, 4.69) is 0 Å². The van der Waals surface area contributed by atoms with Crippen LogP contribution in [-0.2, 0) is 29.4 Å². The zero-order chi connectivity index (χ0) is 31.6. The predicted molar refractivity (Wildman–Crippen MR) is 132 cm³/mol.